The number of urea groups is 1. The molecule has 1 aliphatic carbocycles. The summed E-state index contributed by atoms with van der Waals surface area (Å²) in [6, 6.07) is -0.580. The molecule has 1 saturated carbocycles. The Kier molecular flexibility index (Phi) is 4.79. The van der Waals surface area contributed by atoms with Crippen molar-refractivity contribution < 1.29 is 4.79 Å². The summed E-state index contributed by atoms with van der Waals surface area (Å²) in [5.74, 6) is 2.05. The average Bonchev–Trinajstić information content (AvgIpc) is 2.17. The predicted molar refractivity (Wildman–Crippen MR) is 60.5 cm³/mol. The van der Waals surface area contributed by atoms with E-state index in [2.05, 4.69) is 16.8 Å². The van der Waals surface area contributed by atoms with E-state index in [4.69, 9.17) is 5.73 Å². The summed E-state index contributed by atoms with van der Waals surface area (Å²) in [5, 5.41) is 3.96. The Labute approximate surface area is 88.7 Å². The zero-order valence-electron chi connectivity index (χ0n) is 8.45. The molecule has 0 aromatic carbocycles. The highest BCUT2D eigenvalue weighted by atomic mass is 32.2. The number of rotatable bonds is 3. The van der Waals surface area contributed by atoms with Gasteiger partial charge in [-0.1, -0.05) is 0 Å². The minimum atomic E-state index is -0.580. The lowest BCUT2D eigenvalue weighted by atomic mass is 9.89. The van der Waals surface area contributed by atoms with Crippen LogP contribution in [0.4, 0.5) is 4.79 Å². The number of nitrogens with two attached hydrogens (primary N) is 1. The summed E-state index contributed by atoms with van der Waals surface area (Å²) in [5.41, 5.74) is 8.28. The third-order valence-corrected chi connectivity index (χ3v) is 3.21. The molecule has 1 rings (SSSR count). The Morgan fingerprint density at radius 1 is 1.64 bits per heavy atom. The van der Waals surface area contributed by atoms with Crippen LogP contribution in [0.3, 0.4) is 0 Å². The van der Waals surface area contributed by atoms with Crippen LogP contribution in [0.2, 0.25) is 0 Å². The van der Waals surface area contributed by atoms with Gasteiger partial charge in [0.2, 0.25) is 0 Å². The molecule has 2 amide bonds. The number of amides is 2. The van der Waals surface area contributed by atoms with Crippen LogP contribution in [0.15, 0.2) is 5.10 Å². The second kappa shape index (κ2) is 5.90. The summed E-state index contributed by atoms with van der Waals surface area (Å²) in [6.45, 7) is 0. The van der Waals surface area contributed by atoms with Gasteiger partial charge in [-0.15, -0.1) is 0 Å². The molecule has 1 aliphatic rings. The van der Waals surface area contributed by atoms with Crippen molar-refractivity contribution in [3.8, 4) is 0 Å². The number of carbonyl (C=O) groups is 1. The molecule has 0 aromatic heterocycles. The second-order valence-corrected chi connectivity index (χ2v) is 4.46. The number of hydrazone groups is 1. The SMILES string of the molecule is CSCC1CCC(=NNC(N)=O)CC1. The van der Waals surface area contributed by atoms with Gasteiger partial charge >= 0.3 is 6.03 Å². The number of hydrogen-bond donors (Lipinski definition) is 2. The van der Waals surface area contributed by atoms with Crippen LogP contribution in [-0.4, -0.2) is 23.8 Å². The molecule has 0 atom stereocenters. The highest BCUT2D eigenvalue weighted by Crippen LogP contribution is 2.24. The van der Waals surface area contributed by atoms with Crippen molar-refractivity contribution in [2.24, 2.45) is 16.8 Å². The van der Waals surface area contributed by atoms with E-state index >= 15 is 0 Å². The van der Waals surface area contributed by atoms with Gasteiger partial charge in [0.1, 0.15) is 0 Å². The van der Waals surface area contributed by atoms with E-state index in [1.807, 2.05) is 11.8 Å². The first-order valence-corrected chi connectivity index (χ1v) is 6.21. The van der Waals surface area contributed by atoms with Crippen molar-refractivity contribution in [2.75, 3.05) is 12.0 Å². The van der Waals surface area contributed by atoms with Crippen molar-refractivity contribution >= 4 is 23.5 Å². The Bertz CT molecular complexity index is 220. The van der Waals surface area contributed by atoms with Gasteiger partial charge in [-0.2, -0.15) is 16.9 Å². The first kappa shape index (κ1) is 11.4. The van der Waals surface area contributed by atoms with Crippen LogP contribution in [0.25, 0.3) is 0 Å². The standard InChI is InChI=1S/C9H17N3OS/c1-14-6-7-2-4-8(5-3-7)11-12-9(10)13/h7H,2-6H2,1H3,(H3,10,12,13). The molecule has 3 N–H and O–H groups in total. The van der Waals surface area contributed by atoms with Crippen molar-refractivity contribution in [1.29, 1.82) is 0 Å². The van der Waals surface area contributed by atoms with Crippen molar-refractivity contribution in [3.05, 3.63) is 0 Å². The van der Waals surface area contributed by atoms with E-state index < -0.39 is 6.03 Å². The van der Waals surface area contributed by atoms with Crippen LogP contribution in [0.1, 0.15) is 25.7 Å². The minimum Gasteiger partial charge on any atom is -0.350 e. The summed E-state index contributed by atoms with van der Waals surface area (Å²) < 4.78 is 0. The number of hydrogen-bond acceptors (Lipinski definition) is 3. The van der Waals surface area contributed by atoms with E-state index in [9.17, 15) is 4.79 Å². The summed E-state index contributed by atoms with van der Waals surface area (Å²) >= 11 is 1.90. The molecule has 1 fully saturated rings. The molecule has 0 spiro atoms. The van der Waals surface area contributed by atoms with Crippen LogP contribution >= 0.6 is 11.8 Å². The zero-order valence-corrected chi connectivity index (χ0v) is 9.27. The van der Waals surface area contributed by atoms with E-state index in [1.165, 1.54) is 18.6 Å². The third kappa shape index (κ3) is 4.00. The van der Waals surface area contributed by atoms with Gasteiger partial charge < -0.3 is 5.73 Å². The fourth-order valence-corrected chi connectivity index (χ4v) is 2.46. The molecule has 5 heteroatoms. The molecule has 80 valence electrons. The average molecular weight is 215 g/mol. The fraction of sp³-hybridized carbons (Fsp3) is 0.778. The highest BCUT2D eigenvalue weighted by Gasteiger charge is 2.16. The van der Waals surface area contributed by atoms with Crippen LogP contribution in [0.5, 0.6) is 0 Å². The second-order valence-electron chi connectivity index (χ2n) is 3.55. The third-order valence-electron chi connectivity index (χ3n) is 2.41. The maximum atomic E-state index is 10.4. The van der Waals surface area contributed by atoms with Gasteiger partial charge in [-0.25, -0.2) is 10.2 Å². The molecular weight excluding hydrogens is 198 g/mol. The molecule has 0 heterocycles. The van der Waals surface area contributed by atoms with Gasteiger partial charge in [-0.05, 0) is 43.6 Å². The van der Waals surface area contributed by atoms with Gasteiger partial charge in [-0.3, -0.25) is 0 Å². The van der Waals surface area contributed by atoms with Gasteiger partial charge in [0, 0.05) is 5.71 Å². The monoisotopic (exact) mass is 215 g/mol. The Morgan fingerprint density at radius 2 is 2.29 bits per heavy atom. The maximum absolute atomic E-state index is 10.4. The van der Waals surface area contributed by atoms with Gasteiger partial charge in [0.15, 0.2) is 0 Å². The van der Waals surface area contributed by atoms with Crippen molar-refractivity contribution in [2.45, 2.75) is 25.7 Å². The molecular formula is C9H17N3OS. The normalized spacial score (nSPS) is 21.8. The molecule has 0 aliphatic heterocycles. The molecule has 4 nitrogen and oxygen atoms in total. The van der Waals surface area contributed by atoms with Crippen molar-refractivity contribution in [3.63, 3.8) is 0 Å². The van der Waals surface area contributed by atoms with Crippen LogP contribution in [-0.2, 0) is 0 Å². The summed E-state index contributed by atoms with van der Waals surface area (Å²) in [6.07, 6.45) is 6.48. The fourth-order valence-electron chi connectivity index (χ4n) is 1.66. The smallest absolute Gasteiger partial charge is 0.332 e. The van der Waals surface area contributed by atoms with E-state index in [0.29, 0.717) is 0 Å². The topological polar surface area (TPSA) is 67.5 Å². The molecule has 0 aromatic rings. The first-order valence-electron chi connectivity index (χ1n) is 4.82. The maximum Gasteiger partial charge on any atom is 0.332 e. The van der Waals surface area contributed by atoms with E-state index in [0.717, 1.165) is 24.5 Å². The van der Waals surface area contributed by atoms with Gasteiger partial charge in [0.05, 0.1) is 0 Å². The van der Waals surface area contributed by atoms with Crippen LogP contribution in [0, 0.1) is 5.92 Å². The Morgan fingerprint density at radius 3 is 2.79 bits per heavy atom. The van der Waals surface area contributed by atoms with Gasteiger partial charge in [0.25, 0.3) is 0 Å². The van der Waals surface area contributed by atoms with Crippen molar-refractivity contribution in [1.82, 2.24) is 5.43 Å². The highest BCUT2D eigenvalue weighted by molar-refractivity contribution is 7.98. The quantitative estimate of drug-likeness (QED) is 0.702. The van der Waals surface area contributed by atoms with Crippen LogP contribution < -0.4 is 11.2 Å². The Balaban J connectivity index is 2.28. The molecule has 14 heavy (non-hydrogen) atoms. The Hall–Kier alpha value is -0.710. The molecule has 0 unspecified atom stereocenters. The van der Waals surface area contributed by atoms with E-state index in [-0.39, 0.29) is 0 Å². The number of thioether (sulfide) groups is 1. The number of primary amides is 1. The van der Waals surface area contributed by atoms with E-state index in [1.54, 1.807) is 0 Å². The largest absolute Gasteiger partial charge is 0.350 e. The molecule has 0 bridgehead atoms. The molecule has 0 radical (unpaired) electrons. The lowest BCUT2D eigenvalue weighted by Crippen LogP contribution is -2.27. The number of carbonyl (C=O) groups excluding carboxylic acids is 1. The predicted octanol–water partition coefficient (Wildman–Crippen LogP) is 1.56. The number of nitrogens with one attached hydrogen (secondary N) is 1. The lowest BCUT2D eigenvalue weighted by Gasteiger charge is -2.21. The summed E-state index contributed by atoms with van der Waals surface area (Å²) in [4.78, 5) is 10.4. The minimum absolute atomic E-state index is 0.580. The molecule has 0 saturated heterocycles. The lowest BCUT2D eigenvalue weighted by molar-refractivity contribution is 0.249. The zero-order chi connectivity index (χ0) is 10.4. The number of nitrogens with zero attached hydrogens (tertiary/aromatic N) is 1. The summed E-state index contributed by atoms with van der Waals surface area (Å²) in [7, 11) is 0. The first-order chi connectivity index (χ1) is 6.72.